The lowest BCUT2D eigenvalue weighted by molar-refractivity contribution is -0.141. The van der Waals surface area contributed by atoms with Crippen LogP contribution in [0.15, 0.2) is 59.5 Å². The van der Waals surface area contributed by atoms with Crippen molar-refractivity contribution in [1.29, 1.82) is 0 Å². The number of aromatic nitrogens is 2. The highest BCUT2D eigenvalue weighted by Gasteiger charge is 2.35. The van der Waals surface area contributed by atoms with Crippen molar-refractivity contribution in [3.63, 3.8) is 0 Å². The van der Waals surface area contributed by atoms with Crippen LogP contribution in [0, 0.1) is 6.92 Å². The van der Waals surface area contributed by atoms with Crippen molar-refractivity contribution in [3.8, 4) is 16.9 Å². The highest BCUT2D eigenvalue weighted by atomic mass is 32.2. The smallest absolute Gasteiger partial charge is 0.287 e. The van der Waals surface area contributed by atoms with Crippen LogP contribution < -0.4 is 0 Å². The fourth-order valence-corrected chi connectivity index (χ4v) is 3.23. The molecule has 142 valence electrons. The summed E-state index contributed by atoms with van der Waals surface area (Å²) in [4.78, 5) is 0.431. The van der Waals surface area contributed by atoms with Crippen LogP contribution in [0.25, 0.3) is 16.9 Å². The molecule has 0 unspecified atom stereocenters. The zero-order valence-corrected chi connectivity index (χ0v) is 15.5. The number of rotatable bonds is 5. The summed E-state index contributed by atoms with van der Waals surface area (Å²) >= 11 is -1.61. The molecule has 0 aliphatic carbocycles. The van der Waals surface area contributed by atoms with Crippen LogP contribution in [0.2, 0.25) is 0 Å². The molecule has 0 N–H and O–H groups in total. The van der Waals surface area contributed by atoms with Gasteiger partial charge in [-0.3, -0.25) is 4.18 Å². The van der Waals surface area contributed by atoms with Crippen molar-refractivity contribution >= 4 is 11.1 Å². The molecule has 3 aromatic rings. The first kappa shape index (κ1) is 19.3. The van der Waals surface area contributed by atoms with E-state index in [1.165, 1.54) is 4.68 Å². The molecule has 27 heavy (non-hydrogen) atoms. The van der Waals surface area contributed by atoms with Crippen LogP contribution in [0.4, 0.5) is 13.2 Å². The van der Waals surface area contributed by atoms with E-state index in [2.05, 4.69) is 5.10 Å². The lowest BCUT2D eigenvalue weighted by Crippen LogP contribution is -2.07. The van der Waals surface area contributed by atoms with Gasteiger partial charge < -0.3 is 0 Å². The maximum Gasteiger partial charge on any atom is 0.435 e. The van der Waals surface area contributed by atoms with Crippen molar-refractivity contribution in [2.24, 2.45) is 0 Å². The molecule has 0 saturated heterocycles. The largest absolute Gasteiger partial charge is 0.435 e. The van der Waals surface area contributed by atoms with Gasteiger partial charge in [-0.25, -0.2) is 8.89 Å². The van der Waals surface area contributed by atoms with Crippen molar-refractivity contribution in [2.45, 2.75) is 24.9 Å². The van der Waals surface area contributed by atoms with Gasteiger partial charge in [0.25, 0.3) is 0 Å². The Hall–Kier alpha value is -2.45. The Morgan fingerprint density at radius 1 is 1.07 bits per heavy atom. The molecule has 2 aromatic carbocycles. The topological polar surface area (TPSA) is 44.1 Å². The van der Waals surface area contributed by atoms with E-state index in [1.54, 1.807) is 43.3 Å². The molecule has 0 fully saturated rings. The first-order valence-corrected chi connectivity index (χ1v) is 9.27. The monoisotopic (exact) mass is 394 g/mol. The van der Waals surface area contributed by atoms with Crippen molar-refractivity contribution in [2.75, 3.05) is 6.61 Å². The third-order valence-electron chi connectivity index (χ3n) is 3.85. The number of aryl methyl sites for hydroxylation is 1. The summed E-state index contributed by atoms with van der Waals surface area (Å²) in [6.45, 7) is 3.92. The second-order valence-electron chi connectivity index (χ2n) is 5.83. The SMILES string of the molecule is CCO[S@@](=O)c1ccc(-n2nc(C(F)(F)F)cc2-c2ccc(C)cc2)cc1. The maximum absolute atomic E-state index is 13.2. The third-order valence-corrected chi connectivity index (χ3v) is 4.95. The summed E-state index contributed by atoms with van der Waals surface area (Å²) in [7, 11) is 0. The fraction of sp³-hybridized carbons (Fsp3) is 0.211. The Morgan fingerprint density at radius 2 is 1.70 bits per heavy atom. The summed E-state index contributed by atoms with van der Waals surface area (Å²) in [5.41, 5.74) is 1.40. The standard InChI is InChI=1S/C19H17F3N2O2S/c1-3-26-27(25)16-10-8-15(9-11-16)24-17(12-18(23-24)19(20,21)22)14-6-4-13(2)5-7-14/h4-12H,3H2,1-2H3/t27-/m1/s1. The molecular formula is C19H17F3N2O2S. The van der Waals surface area contributed by atoms with Crippen LogP contribution in [-0.4, -0.2) is 20.6 Å². The molecule has 0 saturated carbocycles. The number of halogens is 3. The van der Waals surface area contributed by atoms with Gasteiger partial charge in [0.2, 0.25) is 0 Å². The Bertz CT molecular complexity index is 949. The predicted molar refractivity (Wildman–Crippen MR) is 96.8 cm³/mol. The van der Waals surface area contributed by atoms with Gasteiger partial charge in [0.15, 0.2) is 16.8 Å². The summed E-state index contributed by atoms with van der Waals surface area (Å²) in [6.07, 6.45) is -4.55. The fourth-order valence-electron chi connectivity index (χ4n) is 2.52. The van der Waals surface area contributed by atoms with Gasteiger partial charge in [-0.2, -0.15) is 18.3 Å². The number of hydrogen-bond acceptors (Lipinski definition) is 3. The first-order chi connectivity index (χ1) is 12.8. The minimum atomic E-state index is -4.55. The molecule has 0 amide bonds. The lowest BCUT2D eigenvalue weighted by atomic mass is 10.1. The third kappa shape index (κ3) is 4.28. The van der Waals surface area contributed by atoms with Gasteiger partial charge in [-0.05, 0) is 44.2 Å². The molecule has 0 aliphatic rings. The van der Waals surface area contributed by atoms with Crippen LogP contribution in [0.3, 0.4) is 0 Å². The van der Waals surface area contributed by atoms with E-state index in [4.69, 9.17) is 4.18 Å². The van der Waals surface area contributed by atoms with E-state index in [0.717, 1.165) is 11.6 Å². The summed E-state index contributed by atoms with van der Waals surface area (Å²) in [6, 6.07) is 14.4. The molecule has 1 aromatic heterocycles. The minimum absolute atomic E-state index is 0.292. The summed E-state index contributed by atoms with van der Waals surface area (Å²) in [5, 5.41) is 3.75. The summed E-state index contributed by atoms with van der Waals surface area (Å²) < 4.78 is 57.7. The number of benzene rings is 2. The molecule has 0 radical (unpaired) electrons. The quantitative estimate of drug-likeness (QED) is 0.617. The van der Waals surface area contributed by atoms with Crippen LogP contribution in [-0.2, 0) is 21.4 Å². The first-order valence-electron chi connectivity index (χ1n) is 8.19. The van der Waals surface area contributed by atoms with E-state index in [1.807, 2.05) is 19.1 Å². The van der Waals surface area contributed by atoms with Gasteiger partial charge in [-0.15, -0.1) is 0 Å². The van der Waals surface area contributed by atoms with Crippen molar-refractivity contribution < 1.29 is 21.6 Å². The molecule has 0 spiro atoms. The van der Waals surface area contributed by atoms with E-state index in [9.17, 15) is 17.4 Å². The van der Waals surface area contributed by atoms with Gasteiger partial charge >= 0.3 is 6.18 Å². The average Bonchev–Trinajstić information content (AvgIpc) is 3.08. The Kier molecular flexibility index (Phi) is 5.48. The normalized spacial score (nSPS) is 12.9. The summed E-state index contributed by atoms with van der Waals surface area (Å²) in [5.74, 6) is 0. The Morgan fingerprint density at radius 3 is 2.26 bits per heavy atom. The van der Waals surface area contributed by atoms with E-state index in [-0.39, 0.29) is 0 Å². The second-order valence-corrected chi connectivity index (χ2v) is 7.00. The second kappa shape index (κ2) is 7.66. The zero-order chi connectivity index (χ0) is 19.6. The zero-order valence-electron chi connectivity index (χ0n) is 14.7. The Labute approximate surface area is 157 Å². The van der Waals surface area contributed by atoms with E-state index >= 15 is 0 Å². The van der Waals surface area contributed by atoms with Crippen LogP contribution in [0.5, 0.6) is 0 Å². The van der Waals surface area contributed by atoms with E-state index < -0.39 is 23.0 Å². The van der Waals surface area contributed by atoms with Crippen molar-refractivity contribution in [1.82, 2.24) is 9.78 Å². The van der Waals surface area contributed by atoms with E-state index in [0.29, 0.717) is 28.4 Å². The highest BCUT2D eigenvalue weighted by Crippen LogP contribution is 2.33. The van der Waals surface area contributed by atoms with Crippen LogP contribution in [0.1, 0.15) is 18.2 Å². The highest BCUT2D eigenvalue weighted by molar-refractivity contribution is 7.80. The predicted octanol–water partition coefficient (Wildman–Crippen LogP) is 4.93. The maximum atomic E-state index is 13.2. The molecular weight excluding hydrogens is 377 g/mol. The van der Waals surface area contributed by atoms with Gasteiger partial charge in [-0.1, -0.05) is 29.8 Å². The van der Waals surface area contributed by atoms with Gasteiger partial charge in [0.1, 0.15) is 0 Å². The van der Waals surface area contributed by atoms with Crippen molar-refractivity contribution in [3.05, 3.63) is 65.9 Å². The molecule has 8 heteroatoms. The molecule has 0 bridgehead atoms. The molecule has 0 aliphatic heterocycles. The number of alkyl halides is 3. The minimum Gasteiger partial charge on any atom is -0.287 e. The molecule has 1 heterocycles. The molecule has 3 rings (SSSR count). The number of nitrogens with zero attached hydrogens (tertiary/aromatic N) is 2. The van der Waals surface area contributed by atoms with Crippen LogP contribution >= 0.6 is 0 Å². The molecule has 1 atom stereocenters. The lowest BCUT2D eigenvalue weighted by Gasteiger charge is -2.09. The Balaban J connectivity index is 2.07. The number of hydrogen-bond donors (Lipinski definition) is 0. The molecule has 4 nitrogen and oxygen atoms in total. The van der Waals surface area contributed by atoms with Gasteiger partial charge in [0.05, 0.1) is 22.9 Å². The average molecular weight is 394 g/mol. The van der Waals surface area contributed by atoms with Gasteiger partial charge in [0, 0.05) is 5.56 Å².